The van der Waals surface area contributed by atoms with Crippen LogP contribution in [0, 0.1) is 5.92 Å². The first-order valence-corrected chi connectivity index (χ1v) is 12.1. The van der Waals surface area contributed by atoms with E-state index in [0.717, 1.165) is 17.2 Å². The van der Waals surface area contributed by atoms with E-state index in [0.29, 0.717) is 0 Å². The SMILES string of the molecule is CC1C(S(=O)(=O)O)=CC=CC1(N(Cc1ccccc1)Cc1ccccc1)S(=O)(=O)O. The molecule has 0 spiro atoms. The number of hydrogen-bond acceptors (Lipinski definition) is 5. The van der Waals surface area contributed by atoms with E-state index < -0.39 is 35.9 Å². The molecule has 1 aliphatic carbocycles. The number of nitrogens with zero attached hydrogens (tertiary/aromatic N) is 1. The van der Waals surface area contributed by atoms with Crippen LogP contribution in [0.4, 0.5) is 0 Å². The minimum Gasteiger partial charge on any atom is -0.284 e. The molecule has 30 heavy (non-hydrogen) atoms. The molecule has 3 rings (SSSR count). The average Bonchev–Trinajstić information content (AvgIpc) is 2.67. The van der Waals surface area contributed by atoms with Gasteiger partial charge in [0.15, 0.2) is 4.87 Å². The smallest absolute Gasteiger partial charge is 0.284 e. The van der Waals surface area contributed by atoms with Crippen LogP contribution in [0.15, 0.2) is 83.8 Å². The molecule has 2 N–H and O–H groups in total. The summed E-state index contributed by atoms with van der Waals surface area (Å²) in [4.78, 5) is -1.07. The van der Waals surface area contributed by atoms with E-state index in [4.69, 9.17) is 0 Å². The van der Waals surface area contributed by atoms with Gasteiger partial charge in [-0.05, 0) is 23.3 Å². The van der Waals surface area contributed by atoms with E-state index in [1.54, 1.807) is 24.3 Å². The molecular weight excluding hydrogens is 426 g/mol. The van der Waals surface area contributed by atoms with Crippen molar-refractivity contribution in [3.8, 4) is 0 Å². The van der Waals surface area contributed by atoms with Crippen LogP contribution in [-0.2, 0) is 33.3 Å². The lowest BCUT2D eigenvalue weighted by Crippen LogP contribution is -2.58. The third-order valence-corrected chi connectivity index (χ3v) is 7.94. The predicted octanol–water partition coefficient (Wildman–Crippen LogP) is 3.25. The van der Waals surface area contributed by atoms with Gasteiger partial charge in [0, 0.05) is 19.0 Å². The van der Waals surface area contributed by atoms with Crippen molar-refractivity contribution in [1.29, 1.82) is 0 Å². The first-order valence-electron chi connectivity index (χ1n) is 9.22. The Balaban J connectivity index is 2.18. The summed E-state index contributed by atoms with van der Waals surface area (Å²) in [7, 11) is -9.52. The molecule has 7 nitrogen and oxygen atoms in total. The van der Waals surface area contributed by atoms with E-state index in [1.165, 1.54) is 24.0 Å². The van der Waals surface area contributed by atoms with Crippen molar-refractivity contribution in [1.82, 2.24) is 4.90 Å². The van der Waals surface area contributed by atoms with Crippen LogP contribution < -0.4 is 0 Å². The Kier molecular flexibility index (Phi) is 6.30. The van der Waals surface area contributed by atoms with Gasteiger partial charge in [-0.15, -0.1) is 0 Å². The van der Waals surface area contributed by atoms with E-state index in [-0.39, 0.29) is 13.1 Å². The average molecular weight is 450 g/mol. The fraction of sp³-hybridized carbons (Fsp3) is 0.238. The standard InChI is InChI=1S/C21H23NO6S2/c1-17-20(29(23,24)25)13-8-14-21(17,30(26,27)28)22(15-18-9-4-2-5-10-18)16-19-11-6-3-7-12-19/h2-14,17H,15-16H2,1H3,(H,23,24,25)(H,26,27,28). The highest BCUT2D eigenvalue weighted by Crippen LogP contribution is 2.42. The second kappa shape index (κ2) is 8.44. The van der Waals surface area contributed by atoms with E-state index in [2.05, 4.69) is 0 Å². The van der Waals surface area contributed by atoms with E-state index >= 15 is 0 Å². The van der Waals surface area contributed by atoms with Gasteiger partial charge in [-0.3, -0.25) is 14.0 Å². The first-order chi connectivity index (χ1) is 14.1. The zero-order valence-electron chi connectivity index (χ0n) is 16.3. The lowest BCUT2D eigenvalue weighted by Gasteiger charge is -2.44. The molecule has 0 heterocycles. The van der Waals surface area contributed by atoms with Crippen LogP contribution in [0.1, 0.15) is 18.1 Å². The molecule has 0 amide bonds. The molecule has 0 saturated heterocycles. The molecule has 2 atom stereocenters. The van der Waals surface area contributed by atoms with E-state index in [1.807, 2.05) is 36.4 Å². The summed E-state index contributed by atoms with van der Waals surface area (Å²) < 4.78 is 69.4. The maximum atomic E-state index is 12.8. The normalized spacial score (nSPS) is 22.1. The Hall–Kier alpha value is -2.30. The van der Waals surface area contributed by atoms with Crippen molar-refractivity contribution < 1.29 is 25.9 Å². The highest BCUT2D eigenvalue weighted by molar-refractivity contribution is 7.90. The third kappa shape index (κ3) is 4.40. The van der Waals surface area contributed by atoms with Gasteiger partial charge >= 0.3 is 0 Å². The minimum absolute atomic E-state index is 0.114. The first kappa shape index (κ1) is 22.4. The van der Waals surface area contributed by atoms with Crippen molar-refractivity contribution in [2.24, 2.45) is 5.92 Å². The molecule has 0 bridgehead atoms. The van der Waals surface area contributed by atoms with Crippen molar-refractivity contribution in [2.75, 3.05) is 0 Å². The van der Waals surface area contributed by atoms with Crippen LogP contribution in [0.25, 0.3) is 0 Å². The summed E-state index contributed by atoms with van der Waals surface area (Å²) in [6, 6.07) is 18.1. The molecule has 160 valence electrons. The predicted molar refractivity (Wildman–Crippen MR) is 114 cm³/mol. The van der Waals surface area contributed by atoms with Crippen LogP contribution in [0.3, 0.4) is 0 Å². The topological polar surface area (TPSA) is 112 Å². The molecule has 2 aromatic rings. The third-order valence-electron chi connectivity index (χ3n) is 5.28. The summed E-state index contributed by atoms with van der Waals surface area (Å²) in [5.41, 5.74) is 1.56. The molecule has 0 aliphatic heterocycles. The number of rotatable bonds is 7. The van der Waals surface area contributed by atoms with E-state index in [9.17, 15) is 25.9 Å². The molecule has 9 heteroatoms. The van der Waals surface area contributed by atoms with Gasteiger partial charge in [-0.1, -0.05) is 73.7 Å². The maximum Gasteiger partial charge on any atom is 0.291 e. The molecule has 0 aromatic heterocycles. The fourth-order valence-electron chi connectivity index (χ4n) is 3.85. The summed E-state index contributed by atoms with van der Waals surface area (Å²) in [6.07, 6.45) is 3.65. The zero-order chi connectivity index (χ0) is 22.0. The van der Waals surface area contributed by atoms with Crippen molar-refractivity contribution in [3.63, 3.8) is 0 Å². The Morgan fingerprint density at radius 3 is 1.73 bits per heavy atom. The van der Waals surface area contributed by atoms with Crippen molar-refractivity contribution in [2.45, 2.75) is 24.9 Å². The molecular formula is C21H23NO6S2. The van der Waals surface area contributed by atoms with Gasteiger partial charge in [0.2, 0.25) is 0 Å². The number of allylic oxidation sites excluding steroid dienone is 2. The second-order valence-electron chi connectivity index (χ2n) is 7.18. The molecule has 2 aromatic carbocycles. The molecule has 0 saturated carbocycles. The summed E-state index contributed by atoms with van der Waals surface area (Å²) >= 11 is 0. The molecule has 1 aliphatic rings. The Morgan fingerprint density at radius 2 is 1.33 bits per heavy atom. The maximum absolute atomic E-state index is 12.8. The van der Waals surface area contributed by atoms with Crippen LogP contribution in [0.5, 0.6) is 0 Å². The highest BCUT2D eigenvalue weighted by atomic mass is 32.2. The van der Waals surface area contributed by atoms with Crippen molar-refractivity contribution in [3.05, 3.63) is 94.9 Å². The Bertz CT molecular complexity index is 1120. The molecule has 0 fully saturated rings. The lowest BCUT2D eigenvalue weighted by atomic mass is 9.93. The monoisotopic (exact) mass is 449 g/mol. The van der Waals surface area contributed by atoms with Crippen LogP contribution in [0.2, 0.25) is 0 Å². The van der Waals surface area contributed by atoms with Gasteiger partial charge in [-0.2, -0.15) is 16.8 Å². The number of benzene rings is 2. The summed E-state index contributed by atoms with van der Waals surface area (Å²) in [5.74, 6) is -1.26. The Morgan fingerprint density at radius 1 is 0.867 bits per heavy atom. The summed E-state index contributed by atoms with van der Waals surface area (Å²) in [5, 5.41) is 0. The Labute approximate surface area is 176 Å². The van der Waals surface area contributed by atoms with Gasteiger partial charge in [0.25, 0.3) is 20.2 Å². The second-order valence-corrected chi connectivity index (χ2v) is 10.2. The number of hydrogen-bond donors (Lipinski definition) is 2. The van der Waals surface area contributed by atoms with Crippen LogP contribution >= 0.6 is 0 Å². The highest BCUT2D eigenvalue weighted by Gasteiger charge is 2.54. The van der Waals surface area contributed by atoms with Gasteiger partial charge in [0.05, 0.1) is 4.91 Å². The fourth-order valence-corrected chi connectivity index (χ4v) is 6.08. The molecule has 0 radical (unpaired) electrons. The van der Waals surface area contributed by atoms with Gasteiger partial charge < -0.3 is 0 Å². The van der Waals surface area contributed by atoms with Gasteiger partial charge in [-0.25, -0.2) is 0 Å². The van der Waals surface area contributed by atoms with Crippen LogP contribution in [-0.4, -0.2) is 35.7 Å². The minimum atomic E-state index is -4.85. The summed E-state index contributed by atoms with van der Waals surface area (Å²) in [6.45, 7) is 1.59. The molecule has 2 unspecified atom stereocenters. The quantitative estimate of drug-likeness (QED) is 0.624. The largest absolute Gasteiger partial charge is 0.291 e. The zero-order valence-corrected chi connectivity index (χ0v) is 17.9. The van der Waals surface area contributed by atoms with Gasteiger partial charge in [0.1, 0.15) is 0 Å². The lowest BCUT2D eigenvalue weighted by molar-refractivity contribution is 0.133. The van der Waals surface area contributed by atoms with Crippen molar-refractivity contribution >= 4 is 20.2 Å².